The SMILES string of the molecule is COC(=O)c1c(NC(=S)Nc2ccc3c(c2)CCC3)sc(C)c1C. The zero-order valence-electron chi connectivity index (χ0n) is 14.0. The third-order valence-electron chi connectivity index (χ3n) is 4.36. The van der Waals surface area contributed by atoms with Crippen molar-refractivity contribution in [3.63, 3.8) is 0 Å². The molecule has 0 bridgehead atoms. The molecule has 6 heteroatoms. The lowest BCUT2D eigenvalue weighted by atomic mass is 10.1. The number of rotatable bonds is 3. The number of hydrogen-bond donors (Lipinski definition) is 2. The summed E-state index contributed by atoms with van der Waals surface area (Å²) in [7, 11) is 1.39. The van der Waals surface area contributed by atoms with E-state index in [9.17, 15) is 4.79 Å². The lowest BCUT2D eigenvalue weighted by molar-refractivity contribution is 0.0601. The quantitative estimate of drug-likeness (QED) is 0.626. The first-order chi connectivity index (χ1) is 11.5. The van der Waals surface area contributed by atoms with E-state index in [2.05, 4.69) is 22.8 Å². The van der Waals surface area contributed by atoms with E-state index in [0.717, 1.165) is 34.0 Å². The number of thiophene rings is 1. The van der Waals surface area contributed by atoms with E-state index in [4.69, 9.17) is 17.0 Å². The number of anilines is 2. The summed E-state index contributed by atoms with van der Waals surface area (Å²) in [5.74, 6) is -0.348. The van der Waals surface area contributed by atoms with Crippen LogP contribution in [-0.4, -0.2) is 18.2 Å². The number of carbonyl (C=O) groups excluding carboxylic acids is 1. The van der Waals surface area contributed by atoms with Gasteiger partial charge in [0.25, 0.3) is 0 Å². The number of fused-ring (bicyclic) bond motifs is 1. The molecular formula is C18H20N2O2S2. The molecule has 0 spiro atoms. The topological polar surface area (TPSA) is 50.4 Å². The summed E-state index contributed by atoms with van der Waals surface area (Å²) in [6.45, 7) is 3.90. The molecule has 0 unspecified atom stereocenters. The minimum absolute atomic E-state index is 0.348. The van der Waals surface area contributed by atoms with Crippen LogP contribution in [0.4, 0.5) is 10.7 Å². The van der Waals surface area contributed by atoms with Crippen molar-refractivity contribution in [3.8, 4) is 0 Å². The van der Waals surface area contributed by atoms with E-state index in [1.54, 1.807) is 0 Å². The molecule has 1 aromatic carbocycles. The molecule has 4 nitrogen and oxygen atoms in total. The van der Waals surface area contributed by atoms with Crippen LogP contribution in [0.2, 0.25) is 0 Å². The van der Waals surface area contributed by atoms with Gasteiger partial charge in [-0.2, -0.15) is 0 Å². The van der Waals surface area contributed by atoms with Crippen LogP contribution in [0.15, 0.2) is 18.2 Å². The fourth-order valence-electron chi connectivity index (χ4n) is 2.98. The van der Waals surface area contributed by atoms with Gasteiger partial charge >= 0.3 is 5.97 Å². The van der Waals surface area contributed by atoms with Crippen molar-refractivity contribution in [3.05, 3.63) is 45.3 Å². The Labute approximate surface area is 151 Å². The van der Waals surface area contributed by atoms with Gasteiger partial charge in [-0.3, -0.25) is 0 Å². The van der Waals surface area contributed by atoms with Crippen LogP contribution < -0.4 is 10.6 Å². The summed E-state index contributed by atoms with van der Waals surface area (Å²) in [6.07, 6.45) is 3.51. The molecule has 0 saturated carbocycles. The molecule has 0 aliphatic heterocycles. The highest BCUT2D eigenvalue weighted by Gasteiger charge is 2.21. The number of esters is 1. The van der Waals surface area contributed by atoms with Crippen LogP contribution in [0.1, 0.15) is 38.3 Å². The van der Waals surface area contributed by atoms with E-state index >= 15 is 0 Å². The van der Waals surface area contributed by atoms with Gasteiger partial charge in [0.2, 0.25) is 0 Å². The van der Waals surface area contributed by atoms with Gasteiger partial charge in [-0.15, -0.1) is 11.3 Å². The Bertz CT molecular complexity index is 812. The Balaban J connectivity index is 1.76. The second kappa shape index (κ2) is 6.91. The molecule has 0 fully saturated rings. The van der Waals surface area contributed by atoms with Gasteiger partial charge in [-0.1, -0.05) is 6.07 Å². The molecule has 2 aromatic rings. The first-order valence-corrected chi connectivity index (χ1v) is 9.10. The maximum atomic E-state index is 12.0. The lowest BCUT2D eigenvalue weighted by Gasteiger charge is -2.12. The average molecular weight is 361 g/mol. The van der Waals surface area contributed by atoms with Gasteiger partial charge in [-0.25, -0.2) is 4.79 Å². The maximum Gasteiger partial charge on any atom is 0.341 e. The van der Waals surface area contributed by atoms with Crippen LogP contribution in [0.25, 0.3) is 0 Å². The second-order valence-corrected chi connectivity index (χ2v) is 7.53. The van der Waals surface area contributed by atoms with Crippen molar-refractivity contribution < 1.29 is 9.53 Å². The molecule has 1 heterocycles. The molecular weight excluding hydrogens is 340 g/mol. The predicted octanol–water partition coefficient (Wildman–Crippen LogP) is 4.45. The fourth-order valence-corrected chi connectivity index (χ4v) is 4.32. The number of methoxy groups -OCH3 is 1. The summed E-state index contributed by atoms with van der Waals surface area (Å²) >= 11 is 6.92. The molecule has 1 aliphatic rings. The number of thiocarbonyl (C=S) groups is 1. The Morgan fingerprint density at radius 3 is 2.71 bits per heavy atom. The van der Waals surface area contributed by atoms with Crippen molar-refractivity contribution in [1.29, 1.82) is 0 Å². The first kappa shape index (κ1) is 16.9. The molecule has 126 valence electrons. The maximum absolute atomic E-state index is 12.0. The zero-order valence-corrected chi connectivity index (χ0v) is 15.6. The fraction of sp³-hybridized carbons (Fsp3) is 0.333. The van der Waals surface area contributed by atoms with Gasteiger partial charge in [0.05, 0.1) is 12.7 Å². The van der Waals surface area contributed by atoms with E-state index in [1.807, 2.05) is 19.9 Å². The number of hydrogen-bond acceptors (Lipinski definition) is 4. The Hall–Kier alpha value is -1.92. The van der Waals surface area contributed by atoms with Crippen molar-refractivity contribution in [2.45, 2.75) is 33.1 Å². The molecule has 3 rings (SSSR count). The highest BCUT2D eigenvalue weighted by molar-refractivity contribution is 7.80. The minimum atomic E-state index is -0.348. The van der Waals surface area contributed by atoms with Crippen LogP contribution in [-0.2, 0) is 17.6 Å². The highest BCUT2D eigenvalue weighted by Crippen LogP contribution is 2.33. The lowest BCUT2D eigenvalue weighted by Crippen LogP contribution is -2.20. The Morgan fingerprint density at radius 2 is 1.96 bits per heavy atom. The summed E-state index contributed by atoms with van der Waals surface area (Å²) in [5, 5.41) is 7.54. The van der Waals surface area contributed by atoms with Crippen molar-refractivity contribution in [1.82, 2.24) is 0 Å². The largest absolute Gasteiger partial charge is 0.465 e. The summed E-state index contributed by atoms with van der Waals surface area (Å²) in [4.78, 5) is 13.1. The summed E-state index contributed by atoms with van der Waals surface area (Å²) < 4.78 is 4.89. The third kappa shape index (κ3) is 3.30. The number of carbonyl (C=O) groups is 1. The predicted molar refractivity (Wildman–Crippen MR) is 103 cm³/mol. The molecule has 0 atom stereocenters. The van der Waals surface area contributed by atoms with Gasteiger partial charge < -0.3 is 15.4 Å². The van der Waals surface area contributed by atoms with Crippen LogP contribution in [0.3, 0.4) is 0 Å². The normalized spacial score (nSPS) is 12.6. The van der Waals surface area contributed by atoms with Gasteiger partial charge in [0, 0.05) is 10.6 Å². The molecule has 1 aromatic heterocycles. The van der Waals surface area contributed by atoms with Crippen molar-refractivity contribution >= 4 is 45.3 Å². The zero-order chi connectivity index (χ0) is 17.3. The van der Waals surface area contributed by atoms with Crippen LogP contribution >= 0.6 is 23.6 Å². The number of aryl methyl sites for hydroxylation is 3. The summed E-state index contributed by atoms with van der Waals surface area (Å²) in [5.41, 5.74) is 5.27. The second-order valence-electron chi connectivity index (χ2n) is 5.90. The molecule has 2 N–H and O–H groups in total. The molecule has 0 radical (unpaired) electrons. The highest BCUT2D eigenvalue weighted by atomic mass is 32.1. The monoisotopic (exact) mass is 360 g/mol. The standard InChI is InChI=1S/C18H20N2O2S2/c1-10-11(2)24-16(15(10)17(21)22-3)20-18(23)19-14-8-7-12-5-4-6-13(12)9-14/h7-9H,4-6H2,1-3H3,(H2,19,20,23). The van der Waals surface area contributed by atoms with Crippen LogP contribution in [0, 0.1) is 13.8 Å². The Morgan fingerprint density at radius 1 is 1.21 bits per heavy atom. The minimum Gasteiger partial charge on any atom is -0.465 e. The Kier molecular flexibility index (Phi) is 4.87. The number of benzene rings is 1. The molecule has 1 aliphatic carbocycles. The van der Waals surface area contributed by atoms with Crippen molar-refractivity contribution in [2.75, 3.05) is 17.7 Å². The average Bonchev–Trinajstić information content (AvgIpc) is 3.11. The van der Waals surface area contributed by atoms with Crippen LogP contribution in [0.5, 0.6) is 0 Å². The number of nitrogens with one attached hydrogen (secondary N) is 2. The van der Waals surface area contributed by atoms with Gasteiger partial charge in [-0.05, 0) is 74.2 Å². The van der Waals surface area contributed by atoms with Gasteiger partial charge in [0.1, 0.15) is 5.00 Å². The van der Waals surface area contributed by atoms with E-state index in [-0.39, 0.29) is 5.97 Å². The third-order valence-corrected chi connectivity index (χ3v) is 5.69. The van der Waals surface area contributed by atoms with E-state index in [0.29, 0.717) is 10.7 Å². The smallest absolute Gasteiger partial charge is 0.341 e. The molecule has 0 saturated heterocycles. The first-order valence-electron chi connectivity index (χ1n) is 7.87. The summed E-state index contributed by atoms with van der Waals surface area (Å²) in [6, 6.07) is 6.36. The van der Waals surface area contributed by atoms with Crippen molar-refractivity contribution in [2.24, 2.45) is 0 Å². The van der Waals surface area contributed by atoms with Gasteiger partial charge in [0.15, 0.2) is 5.11 Å². The molecule has 24 heavy (non-hydrogen) atoms. The number of ether oxygens (including phenoxy) is 1. The molecule has 0 amide bonds. The van der Waals surface area contributed by atoms with E-state index < -0.39 is 0 Å². The van der Waals surface area contributed by atoms with E-state index in [1.165, 1.54) is 36.0 Å².